The van der Waals surface area contributed by atoms with Crippen molar-refractivity contribution in [2.45, 2.75) is 0 Å². The van der Waals surface area contributed by atoms with Crippen molar-refractivity contribution in [1.29, 1.82) is 0 Å². The highest BCUT2D eigenvalue weighted by atomic mass is 16.5. The first-order chi connectivity index (χ1) is 8.13. The number of anilines is 1. The van der Waals surface area contributed by atoms with Crippen LogP contribution in [0, 0.1) is 0 Å². The Balaban J connectivity index is 3.25. The van der Waals surface area contributed by atoms with Gasteiger partial charge >= 0.3 is 6.03 Å². The molecule has 0 aliphatic heterocycles. The van der Waals surface area contributed by atoms with E-state index in [1.54, 1.807) is 18.2 Å². The van der Waals surface area contributed by atoms with Gasteiger partial charge in [0.15, 0.2) is 5.84 Å². The molecule has 17 heavy (non-hydrogen) atoms. The summed E-state index contributed by atoms with van der Waals surface area (Å²) in [7, 11) is 2.94. The van der Waals surface area contributed by atoms with Crippen molar-refractivity contribution in [3.05, 3.63) is 23.8 Å². The molecule has 7 nitrogen and oxygen atoms in total. The molecule has 0 bridgehead atoms. The molecule has 0 saturated heterocycles. The maximum Gasteiger partial charge on any atom is 0.319 e. The number of rotatable bonds is 3. The molecule has 1 rings (SSSR count). The number of amidine groups is 1. The summed E-state index contributed by atoms with van der Waals surface area (Å²) in [6, 6.07) is 4.49. The van der Waals surface area contributed by atoms with E-state index in [0.29, 0.717) is 17.0 Å². The molecule has 0 heterocycles. The molecule has 1 aromatic rings. The van der Waals surface area contributed by atoms with Gasteiger partial charge in [0, 0.05) is 12.6 Å². The minimum Gasteiger partial charge on any atom is -0.495 e. The minimum absolute atomic E-state index is 0.115. The molecule has 0 spiro atoms. The number of nitrogens with two attached hydrogens (primary N) is 1. The van der Waals surface area contributed by atoms with Gasteiger partial charge in [-0.25, -0.2) is 4.79 Å². The van der Waals surface area contributed by atoms with Crippen LogP contribution in [0.1, 0.15) is 5.56 Å². The lowest BCUT2D eigenvalue weighted by Gasteiger charge is -2.13. The van der Waals surface area contributed by atoms with Gasteiger partial charge in [0.25, 0.3) is 0 Å². The third-order valence-corrected chi connectivity index (χ3v) is 2.10. The van der Waals surface area contributed by atoms with E-state index in [0.717, 1.165) is 0 Å². The molecule has 0 saturated carbocycles. The smallest absolute Gasteiger partial charge is 0.319 e. The highest BCUT2D eigenvalue weighted by molar-refractivity contribution is 6.06. The third kappa shape index (κ3) is 2.77. The molecule has 0 radical (unpaired) electrons. The highest BCUT2D eigenvalue weighted by Crippen LogP contribution is 2.28. The number of carbonyl (C=O) groups is 1. The molecule has 0 unspecified atom stereocenters. The van der Waals surface area contributed by atoms with Crippen molar-refractivity contribution in [2.24, 2.45) is 10.9 Å². The quantitative estimate of drug-likeness (QED) is 0.266. The number of carbonyl (C=O) groups excluding carboxylic acids is 1. The van der Waals surface area contributed by atoms with Crippen molar-refractivity contribution < 1.29 is 14.7 Å². The predicted molar refractivity (Wildman–Crippen MR) is 63.6 cm³/mol. The Morgan fingerprint density at radius 1 is 1.53 bits per heavy atom. The molecule has 0 fully saturated rings. The Kier molecular flexibility index (Phi) is 4.15. The van der Waals surface area contributed by atoms with Crippen LogP contribution < -0.4 is 21.1 Å². The molecule has 0 aromatic heterocycles. The summed E-state index contributed by atoms with van der Waals surface area (Å²) in [5, 5.41) is 16.5. The first-order valence-electron chi connectivity index (χ1n) is 4.77. The van der Waals surface area contributed by atoms with Gasteiger partial charge in [0.05, 0.1) is 12.8 Å². The van der Waals surface area contributed by atoms with Gasteiger partial charge in [-0.05, 0) is 12.1 Å². The summed E-state index contributed by atoms with van der Waals surface area (Å²) in [5.74, 6) is 0.299. The van der Waals surface area contributed by atoms with Crippen LogP contribution in [0.5, 0.6) is 5.75 Å². The summed E-state index contributed by atoms with van der Waals surface area (Å²) in [4.78, 5) is 11.3. The zero-order chi connectivity index (χ0) is 12.8. The van der Waals surface area contributed by atoms with E-state index in [9.17, 15) is 4.79 Å². The topological polar surface area (TPSA) is 109 Å². The molecule has 2 amide bonds. The number of para-hydroxylation sites is 1. The second-order valence-corrected chi connectivity index (χ2v) is 3.07. The number of amides is 2. The first-order valence-corrected chi connectivity index (χ1v) is 4.77. The second-order valence-electron chi connectivity index (χ2n) is 3.07. The summed E-state index contributed by atoms with van der Waals surface area (Å²) in [6.07, 6.45) is 0. The fourth-order valence-corrected chi connectivity index (χ4v) is 1.27. The van der Waals surface area contributed by atoms with E-state index in [1.807, 2.05) is 0 Å². The largest absolute Gasteiger partial charge is 0.495 e. The number of hydrogen-bond acceptors (Lipinski definition) is 4. The van der Waals surface area contributed by atoms with Crippen LogP contribution in [0.15, 0.2) is 23.4 Å². The number of nitrogens with zero attached hydrogens (tertiary/aromatic N) is 1. The molecule has 1 aromatic carbocycles. The zero-order valence-electron chi connectivity index (χ0n) is 9.52. The zero-order valence-corrected chi connectivity index (χ0v) is 9.52. The molecule has 5 N–H and O–H groups in total. The number of methoxy groups -OCH3 is 1. The number of oxime groups is 1. The van der Waals surface area contributed by atoms with Crippen LogP contribution in [0.2, 0.25) is 0 Å². The van der Waals surface area contributed by atoms with Gasteiger partial charge < -0.3 is 26.3 Å². The van der Waals surface area contributed by atoms with Crippen LogP contribution in [-0.2, 0) is 0 Å². The molecule has 92 valence electrons. The van der Waals surface area contributed by atoms with E-state index in [-0.39, 0.29) is 5.84 Å². The van der Waals surface area contributed by atoms with Gasteiger partial charge in [-0.3, -0.25) is 0 Å². The van der Waals surface area contributed by atoms with Crippen LogP contribution in [0.3, 0.4) is 0 Å². The third-order valence-electron chi connectivity index (χ3n) is 2.10. The number of hydrogen-bond donors (Lipinski definition) is 4. The normalized spacial score (nSPS) is 10.8. The fraction of sp³-hybridized carbons (Fsp3) is 0.200. The summed E-state index contributed by atoms with van der Waals surface area (Å²) >= 11 is 0. The second kappa shape index (κ2) is 5.59. The molecule has 0 aliphatic carbocycles. The average Bonchev–Trinajstić information content (AvgIpc) is 2.37. The Labute approximate surface area is 98.2 Å². The monoisotopic (exact) mass is 238 g/mol. The number of nitrogens with one attached hydrogen (secondary N) is 2. The van der Waals surface area contributed by atoms with Gasteiger partial charge in [-0.1, -0.05) is 11.2 Å². The van der Waals surface area contributed by atoms with Crippen LogP contribution >= 0.6 is 0 Å². The lowest BCUT2D eigenvalue weighted by Crippen LogP contribution is -2.27. The molecule has 0 aliphatic rings. The Bertz CT molecular complexity index is 445. The average molecular weight is 238 g/mol. The van der Waals surface area contributed by atoms with E-state index in [2.05, 4.69) is 15.8 Å². The van der Waals surface area contributed by atoms with Crippen molar-refractivity contribution in [3.63, 3.8) is 0 Å². The van der Waals surface area contributed by atoms with E-state index < -0.39 is 6.03 Å². The van der Waals surface area contributed by atoms with Gasteiger partial charge in [0.1, 0.15) is 5.75 Å². The van der Waals surface area contributed by atoms with E-state index in [4.69, 9.17) is 15.7 Å². The maximum atomic E-state index is 11.3. The fourth-order valence-electron chi connectivity index (χ4n) is 1.27. The van der Waals surface area contributed by atoms with Gasteiger partial charge in [-0.2, -0.15) is 0 Å². The molecular formula is C10H14N4O3. The minimum atomic E-state index is -0.429. The molecular weight excluding hydrogens is 224 g/mol. The summed E-state index contributed by atoms with van der Waals surface area (Å²) in [6.45, 7) is 0. The van der Waals surface area contributed by atoms with Crippen molar-refractivity contribution in [2.75, 3.05) is 19.5 Å². The lowest BCUT2D eigenvalue weighted by atomic mass is 10.1. The first kappa shape index (κ1) is 12.6. The maximum absolute atomic E-state index is 11.3. The Hall–Kier alpha value is -2.44. The van der Waals surface area contributed by atoms with Gasteiger partial charge in [-0.15, -0.1) is 0 Å². The molecule has 7 heteroatoms. The van der Waals surface area contributed by atoms with E-state index in [1.165, 1.54) is 14.2 Å². The Morgan fingerprint density at radius 3 is 2.76 bits per heavy atom. The standard InChI is InChI=1S/C10H14N4O3/c1-12-10(15)13-8-6(9(11)14-16)4-3-5-7(8)17-2/h3-5,16H,1-2H3,(H2,11,14)(H2,12,13,15). The molecule has 0 atom stereocenters. The highest BCUT2D eigenvalue weighted by Gasteiger charge is 2.14. The SMILES string of the molecule is CNC(=O)Nc1c(OC)cccc1/C(N)=N/O. The van der Waals surface area contributed by atoms with E-state index >= 15 is 0 Å². The lowest BCUT2D eigenvalue weighted by molar-refractivity contribution is 0.254. The summed E-state index contributed by atoms with van der Waals surface area (Å²) in [5.41, 5.74) is 6.22. The number of urea groups is 1. The number of benzene rings is 1. The van der Waals surface area contributed by atoms with Crippen molar-refractivity contribution >= 4 is 17.6 Å². The van der Waals surface area contributed by atoms with Gasteiger partial charge in [0.2, 0.25) is 0 Å². The van der Waals surface area contributed by atoms with Crippen molar-refractivity contribution in [3.8, 4) is 5.75 Å². The summed E-state index contributed by atoms with van der Waals surface area (Å²) < 4.78 is 5.09. The predicted octanol–water partition coefficient (Wildman–Crippen LogP) is 0.541. The Morgan fingerprint density at radius 2 is 2.24 bits per heavy atom. The van der Waals surface area contributed by atoms with Crippen LogP contribution in [-0.4, -0.2) is 31.2 Å². The van der Waals surface area contributed by atoms with Crippen LogP contribution in [0.25, 0.3) is 0 Å². The van der Waals surface area contributed by atoms with Crippen molar-refractivity contribution in [1.82, 2.24) is 5.32 Å². The van der Waals surface area contributed by atoms with Crippen LogP contribution in [0.4, 0.5) is 10.5 Å². The number of ether oxygens (including phenoxy) is 1.